The Hall–Kier alpha value is -1.88. The molecule has 0 amide bonds. The second-order valence-corrected chi connectivity index (χ2v) is 5.33. The molecule has 0 radical (unpaired) electrons. The van der Waals surface area contributed by atoms with Crippen LogP contribution in [0.3, 0.4) is 0 Å². The van der Waals surface area contributed by atoms with Crippen LogP contribution in [-0.4, -0.2) is 26.5 Å². The van der Waals surface area contributed by atoms with Gasteiger partial charge in [0.25, 0.3) is 0 Å². The molecule has 2 atom stereocenters. The van der Waals surface area contributed by atoms with E-state index in [1.807, 2.05) is 36.7 Å². The average molecular weight is 286 g/mol. The van der Waals surface area contributed by atoms with E-state index in [0.29, 0.717) is 0 Å². The van der Waals surface area contributed by atoms with E-state index in [9.17, 15) is 0 Å². The van der Waals surface area contributed by atoms with Crippen LogP contribution in [0.1, 0.15) is 36.8 Å². The fourth-order valence-corrected chi connectivity index (χ4v) is 3.09. The molecule has 3 heterocycles. The van der Waals surface area contributed by atoms with Gasteiger partial charge >= 0.3 is 0 Å². The van der Waals surface area contributed by atoms with Crippen LogP contribution in [0.4, 0.5) is 0 Å². The van der Waals surface area contributed by atoms with Crippen LogP contribution in [0.25, 0.3) is 0 Å². The van der Waals surface area contributed by atoms with Gasteiger partial charge in [-0.05, 0) is 42.9 Å². The topological polar surface area (TPSA) is 44.0 Å². The third-order valence-electron chi connectivity index (χ3n) is 3.60. The maximum atomic E-state index is 5.51. The molecule has 0 spiro atoms. The van der Waals surface area contributed by atoms with Crippen LogP contribution in [-0.2, 0) is 0 Å². The molecule has 2 aromatic heterocycles. The Morgan fingerprint density at radius 2 is 2.20 bits per heavy atom. The first-order chi connectivity index (χ1) is 9.81. The van der Waals surface area contributed by atoms with Gasteiger partial charge in [-0.1, -0.05) is 13.0 Å². The first-order valence-electron chi connectivity index (χ1n) is 6.92. The Kier molecular flexibility index (Phi) is 3.69. The molecule has 1 fully saturated rings. The quantitative estimate of drug-likeness (QED) is 0.848. The van der Waals surface area contributed by atoms with Gasteiger partial charge in [-0.3, -0.25) is 4.98 Å². The van der Waals surface area contributed by atoms with Gasteiger partial charge in [-0.15, -0.1) is 0 Å². The Balaban J connectivity index is 1.99. The smallest absolute Gasteiger partial charge is 0.170 e. The summed E-state index contributed by atoms with van der Waals surface area (Å²) in [6.45, 7) is 3.11. The van der Waals surface area contributed by atoms with Gasteiger partial charge in [-0.25, -0.2) is 0 Å². The molecule has 0 aliphatic carbocycles. The second kappa shape index (κ2) is 5.63. The van der Waals surface area contributed by atoms with E-state index in [1.165, 1.54) is 5.69 Å². The number of rotatable bonds is 4. The lowest BCUT2D eigenvalue weighted by Crippen LogP contribution is -2.30. The fraction of sp³-hybridized carbons (Fsp3) is 0.333. The Bertz CT molecular complexity index is 567. The predicted octanol–water partition coefficient (Wildman–Crippen LogP) is 2.79. The van der Waals surface area contributed by atoms with Gasteiger partial charge in [-0.2, -0.15) is 0 Å². The number of H-pyrrole nitrogens is 1. The van der Waals surface area contributed by atoms with Crippen molar-refractivity contribution >= 4 is 17.3 Å². The number of nitrogens with one attached hydrogen (secondary N) is 2. The van der Waals surface area contributed by atoms with Gasteiger partial charge in [0.2, 0.25) is 0 Å². The van der Waals surface area contributed by atoms with E-state index in [2.05, 4.69) is 33.2 Å². The zero-order valence-electron chi connectivity index (χ0n) is 11.4. The van der Waals surface area contributed by atoms with Crippen molar-refractivity contribution in [2.24, 2.45) is 0 Å². The maximum Gasteiger partial charge on any atom is 0.170 e. The Morgan fingerprint density at radius 1 is 1.30 bits per heavy atom. The molecule has 1 saturated heterocycles. The molecule has 0 unspecified atom stereocenters. The number of hydrogen-bond acceptors (Lipinski definition) is 2. The van der Waals surface area contributed by atoms with E-state index in [0.717, 1.165) is 23.8 Å². The minimum Gasteiger partial charge on any atom is -0.363 e. The summed E-state index contributed by atoms with van der Waals surface area (Å²) in [5.41, 5.74) is 2.19. The van der Waals surface area contributed by atoms with Gasteiger partial charge in [0.05, 0.1) is 17.8 Å². The monoisotopic (exact) mass is 286 g/mol. The van der Waals surface area contributed by atoms with Crippen molar-refractivity contribution in [3.05, 3.63) is 54.1 Å². The largest absolute Gasteiger partial charge is 0.363 e. The number of pyridine rings is 1. The summed E-state index contributed by atoms with van der Waals surface area (Å²) in [6, 6.07) is 10.4. The van der Waals surface area contributed by atoms with Crippen molar-refractivity contribution in [1.29, 1.82) is 0 Å². The lowest BCUT2D eigenvalue weighted by Gasteiger charge is -2.26. The molecule has 1 aliphatic rings. The number of aromatic nitrogens is 2. The van der Waals surface area contributed by atoms with E-state index < -0.39 is 0 Å². The van der Waals surface area contributed by atoms with Crippen LogP contribution >= 0.6 is 12.2 Å². The summed E-state index contributed by atoms with van der Waals surface area (Å²) in [7, 11) is 0. The molecule has 0 aromatic carbocycles. The summed E-state index contributed by atoms with van der Waals surface area (Å²) in [6.07, 6.45) is 4.85. The van der Waals surface area contributed by atoms with Crippen molar-refractivity contribution in [3.8, 4) is 0 Å². The van der Waals surface area contributed by atoms with E-state index in [-0.39, 0.29) is 12.1 Å². The average Bonchev–Trinajstić information content (AvgIpc) is 3.09. The highest BCUT2D eigenvalue weighted by Crippen LogP contribution is 2.37. The summed E-state index contributed by atoms with van der Waals surface area (Å²) >= 11 is 5.51. The first kappa shape index (κ1) is 13.1. The molecule has 20 heavy (non-hydrogen) atoms. The van der Waals surface area contributed by atoms with E-state index >= 15 is 0 Å². The van der Waals surface area contributed by atoms with Crippen LogP contribution in [0.5, 0.6) is 0 Å². The molecule has 1 aliphatic heterocycles. The molecule has 0 bridgehead atoms. The third kappa shape index (κ3) is 2.29. The summed E-state index contributed by atoms with van der Waals surface area (Å²) < 4.78 is 0. The zero-order valence-corrected chi connectivity index (χ0v) is 12.2. The molecule has 4 nitrogen and oxygen atoms in total. The van der Waals surface area contributed by atoms with Gasteiger partial charge in [0.15, 0.2) is 5.11 Å². The van der Waals surface area contributed by atoms with Crippen molar-refractivity contribution < 1.29 is 0 Å². The summed E-state index contributed by atoms with van der Waals surface area (Å²) in [4.78, 5) is 10.1. The first-order valence-corrected chi connectivity index (χ1v) is 7.33. The van der Waals surface area contributed by atoms with Crippen molar-refractivity contribution in [2.75, 3.05) is 6.54 Å². The van der Waals surface area contributed by atoms with E-state index in [1.54, 1.807) is 0 Å². The SMILES string of the molecule is CCCN1C(=S)N[C@@H](c2ccccn2)[C@H]1c1ccc[nH]1. The second-order valence-electron chi connectivity index (χ2n) is 4.95. The molecule has 5 heteroatoms. The molecule has 0 saturated carbocycles. The normalized spacial score (nSPS) is 22.1. The number of thiocarbonyl (C=S) groups is 1. The molecule has 104 valence electrons. The third-order valence-corrected chi connectivity index (χ3v) is 3.96. The highest BCUT2D eigenvalue weighted by Gasteiger charge is 2.39. The molecular formula is C15H18N4S. The highest BCUT2D eigenvalue weighted by molar-refractivity contribution is 7.80. The van der Waals surface area contributed by atoms with Gasteiger partial charge in [0, 0.05) is 24.6 Å². The van der Waals surface area contributed by atoms with Gasteiger partial charge < -0.3 is 15.2 Å². The Morgan fingerprint density at radius 3 is 2.85 bits per heavy atom. The van der Waals surface area contributed by atoms with Crippen molar-refractivity contribution in [3.63, 3.8) is 0 Å². The lowest BCUT2D eigenvalue weighted by molar-refractivity contribution is 0.312. The van der Waals surface area contributed by atoms with Gasteiger partial charge in [0.1, 0.15) is 0 Å². The number of hydrogen-bond donors (Lipinski definition) is 2. The number of nitrogens with zero attached hydrogens (tertiary/aromatic N) is 2. The van der Waals surface area contributed by atoms with Crippen LogP contribution in [0.15, 0.2) is 42.7 Å². The number of aromatic amines is 1. The van der Waals surface area contributed by atoms with E-state index in [4.69, 9.17) is 12.2 Å². The zero-order chi connectivity index (χ0) is 13.9. The summed E-state index contributed by atoms with van der Waals surface area (Å²) in [5.74, 6) is 0. The van der Waals surface area contributed by atoms with Crippen LogP contribution in [0, 0.1) is 0 Å². The maximum absolute atomic E-state index is 5.51. The minimum atomic E-state index is 0.0916. The minimum absolute atomic E-state index is 0.0916. The van der Waals surface area contributed by atoms with Crippen LogP contribution in [0.2, 0.25) is 0 Å². The van der Waals surface area contributed by atoms with Crippen LogP contribution < -0.4 is 5.32 Å². The highest BCUT2D eigenvalue weighted by atomic mass is 32.1. The summed E-state index contributed by atoms with van der Waals surface area (Å²) in [5, 5.41) is 4.23. The lowest BCUT2D eigenvalue weighted by atomic mass is 10.0. The molecule has 2 N–H and O–H groups in total. The van der Waals surface area contributed by atoms with Crippen molar-refractivity contribution in [1.82, 2.24) is 20.2 Å². The standard InChI is InChI=1S/C15H18N4S/c1-2-10-19-14(12-7-5-9-17-12)13(18-15(19)20)11-6-3-4-8-16-11/h3-9,13-14,17H,2,10H2,1H3,(H,18,20)/t13-,14+/m0/s1. The molecular weight excluding hydrogens is 268 g/mol. The Labute approximate surface area is 124 Å². The molecule has 2 aromatic rings. The van der Waals surface area contributed by atoms with Crippen molar-refractivity contribution in [2.45, 2.75) is 25.4 Å². The predicted molar refractivity (Wildman–Crippen MR) is 83.2 cm³/mol. The molecule has 3 rings (SSSR count). The fourth-order valence-electron chi connectivity index (χ4n) is 2.75.